The summed E-state index contributed by atoms with van der Waals surface area (Å²) in [6.07, 6.45) is -5.08. The number of benzene rings is 1. The number of nitrogens with one attached hydrogen (secondary N) is 1. The second kappa shape index (κ2) is 10.5. The average molecular weight is 470 g/mol. The number of amides is 1. The molecule has 2 N–H and O–H groups in total. The summed E-state index contributed by atoms with van der Waals surface area (Å²) in [5, 5.41) is 12.5. The quantitative estimate of drug-likeness (QED) is 0.523. The number of ether oxygens (including phenoxy) is 1. The van der Waals surface area contributed by atoms with Crippen LogP contribution in [0.3, 0.4) is 0 Å². The summed E-state index contributed by atoms with van der Waals surface area (Å²) in [7, 11) is 0. The van der Waals surface area contributed by atoms with Crippen molar-refractivity contribution in [3.05, 3.63) is 29.6 Å². The van der Waals surface area contributed by atoms with Gasteiger partial charge in [0, 0.05) is 29.7 Å². The van der Waals surface area contributed by atoms with Gasteiger partial charge in [-0.1, -0.05) is 23.7 Å². The Morgan fingerprint density at radius 1 is 1.23 bits per heavy atom. The maximum absolute atomic E-state index is 12.6. The third kappa shape index (κ3) is 7.11. The summed E-state index contributed by atoms with van der Waals surface area (Å²) in [4.78, 5) is 26.9. The molecule has 1 unspecified atom stereocenters. The lowest BCUT2D eigenvalue weighted by atomic mass is 10.1. The van der Waals surface area contributed by atoms with E-state index in [0.717, 1.165) is 42.7 Å². The topological polar surface area (TPSA) is 91.8 Å². The Bertz CT molecular complexity index is 855. The van der Waals surface area contributed by atoms with Crippen molar-refractivity contribution in [1.29, 1.82) is 0 Å². The number of alkyl halides is 5. The van der Waals surface area contributed by atoms with E-state index in [1.54, 1.807) is 23.5 Å². The number of carbonyl (C=O) groups is 2. The minimum Gasteiger partial charge on any atom is -0.475 e. The van der Waals surface area contributed by atoms with E-state index in [1.165, 1.54) is 0 Å². The molecule has 1 aromatic carbocycles. The van der Waals surface area contributed by atoms with E-state index in [9.17, 15) is 22.4 Å². The minimum atomic E-state index is -5.08. The summed E-state index contributed by atoms with van der Waals surface area (Å²) in [5.41, 5.74) is 0.242. The highest BCUT2D eigenvalue weighted by atomic mass is 35.5. The monoisotopic (exact) mass is 469 g/mol. The normalized spacial score (nSPS) is 15.0. The van der Waals surface area contributed by atoms with Crippen LogP contribution in [0.25, 0.3) is 11.3 Å². The van der Waals surface area contributed by atoms with Gasteiger partial charge in [-0.05, 0) is 12.1 Å². The Labute approximate surface area is 177 Å². The lowest BCUT2D eigenvalue weighted by Gasteiger charge is -2.26. The maximum atomic E-state index is 12.6. The first-order chi connectivity index (χ1) is 14.1. The molecule has 7 nitrogen and oxygen atoms in total. The fourth-order valence-corrected chi connectivity index (χ4v) is 3.16. The van der Waals surface area contributed by atoms with Gasteiger partial charge < -0.3 is 20.1 Å². The van der Waals surface area contributed by atoms with Gasteiger partial charge in [-0.3, -0.25) is 4.79 Å². The van der Waals surface area contributed by atoms with E-state index >= 15 is 0 Å². The largest absolute Gasteiger partial charge is 0.490 e. The smallest absolute Gasteiger partial charge is 0.475 e. The van der Waals surface area contributed by atoms with E-state index in [0.29, 0.717) is 5.69 Å². The number of anilines is 2. The van der Waals surface area contributed by atoms with Crippen LogP contribution in [0.5, 0.6) is 0 Å². The zero-order chi connectivity index (χ0) is 22.3. The van der Waals surface area contributed by atoms with Crippen molar-refractivity contribution in [2.75, 3.05) is 36.5 Å². The Morgan fingerprint density at radius 2 is 1.80 bits per heavy atom. The standard InChI is InChI=1S/C15H15ClFN3O2S.C2HF3O2/c16-13(17)14(21)18-11-3-1-10(2-4-11)12-9-23-15(19-12)20-5-7-22-8-6-20;3-2(4,5)1(6)7/h1-4,9,13H,5-8H2,(H,18,21);(H,6,7). The lowest BCUT2D eigenvalue weighted by Crippen LogP contribution is -2.36. The Kier molecular flexibility index (Phi) is 8.38. The molecule has 2 aromatic rings. The summed E-state index contributed by atoms with van der Waals surface area (Å²) in [6, 6.07) is 7.05. The Hall–Kier alpha value is -2.44. The van der Waals surface area contributed by atoms with Gasteiger partial charge in [0.25, 0.3) is 11.5 Å². The number of hydrogen-bond acceptors (Lipinski definition) is 6. The van der Waals surface area contributed by atoms with Crippen LogP contribution in [0.15, 0.2) is 29.6 Å². The number of hydrogen-bond donors (Lipinski definition) is 2. The number of morpholine rings is 1. The number of carboxylic acids is 1. The first kappa shape index (κ1) is 23.8. The van der Waals surface area contributed by atoms with Crippen LogP contribution in [-0.2, 0) is 14.3 Å². The van der Waals surface area contributed by atoms with Crippen LogP contribution < -0.4 is 10.2 Å². The van der Waals surface area contributed by atoms with Crippen molar-refractivity contribution in [3.63, 3.8) is 0 Å². The highest BCUT2D eigenvalue weighted by molar-refractivity contribution is 7.14. The van der Waals surface area contributed by atoms with Gasteiger partial charge in [-0.25, -0.2) is 14.2 Å². The minimum absolute atomic E-state index is 0.491. The fraction of sp³-hybridized carbons (Fsp3) is 0.353. The third-order valence-corrected chi connectivity index (χ3v) is 4.76. The summed E-state index contributed by atoms with van der Waals surface area (Å²) < 4.78 is 49.7. The molecule has 0 saturated carbocycles. The zero-order valence-corrected chi connectivity index (χ0v) is 16.7. The van der Waals surface area contributed by atoms with E-state index in [2.05, 4.69) is 15.2 Å². The molecule has 0 aliphatic carbocycles. The van der Waals surface area contributed by atoms with Crippen LogP contribution in [-0.4, -0.2) is 60.1 Å². The predicted octanol–water partition coefficient (Wildman–Crippen LogP) is 3.75. The molecule has 1 aromatic heterocycles. The third-order valence-electron chi connectivity index (χ3n) is 3.66. The SMILES string of the molecule is O=C(Nc1ccc(-c2csc(N3CCOCC3)n2)cc1)C(F)Cl.O=C(O)C(F)(F)F. The zero-order valence-electron chi connectivity index (χ0n) is 15.2. The number of thiazole rings is 1. The molecule has 2 heterocycles. The molecule has 1 atom stereocenters. The Balaban J connectivity index is 0.000000396. The summed E-state index contributed by atoms with van der Waals surface area (Å²) in [5.74, 6) is -3.63. The highest BCUT2D eigenvalue weighted by Crippen LogP contribution is 2.28. The number of nitrogens with zero attached hydrogens (tertiary/aromatic N) is 2. The molecule has 164 valence electrons. The number of carboxylic acid groups (broad SMARTS) is 1. The number of halogens is 5. The van der Waals surface area contributed by atoms with E-state index in [-0.39, 0.29) is 0 Å². The molecule has 1 aliphatic heterocycles. The van der Waals surface area contributed by atoms with Crippen molar-refractivity contribution in [3.8, 4) is 11.3 Å². The van der Waals surface area contributed by atoms with Gasteiger partial charge in [0.15, 0.2) is 5.13 Å². The fourth-order valence-electron chi connectivity index (χ4n) is 2.22. The first-order valence-electron chi connectivity index (χ1n) is 8.35. The van der Waals surface area contributed by atoms with Crippen molar-refractivity contribution in [2.24, 2.45) is 0 Å². The average Bonchev–Trinajstić information content (AvgIpc) is 3.19. The molecule has 1 fully saturated rings. The van der Waals surface area contributed by atoms with E-state index in [4.69, 9.17) is 26.2 Å². The van der Waals surface area contributed by atoms with Gasteiger partial charge in [0.2, 0.25) is 0 Å². The van der Waals surface area contributed by atoms with Crippen LogP contribution >= 0.6 is 22.9 Å². The maximum Gasteiger partial charge on any atom is 0.490 e. The number of carbonyl (C=O) groups excluding carboxylic acids is 1. The predicted molar refractivity (Wildman–Crippen MR) is 104 cm³/mol. The molecule has 0 spiro atoms. The summed E-state index contributed by atoms with van der Waals surface area (Å²) in [6.45, 7) is 3.14. The van der Waals surface area contributed by atoms with Crippen LogP contribution in [0.1, 0.15) is 0 Å². The molecule has 3 rings (SSSR count). The van der Waals surface area contributed by atoms with Gasteiger partial charge in [-0.15, -0.1) is 11.3 Å². The number of aliphatic carboxylic acids is 1. The highest BCUT2D eigenvalue weighted by Gasteiger charge is 2.38. The molecule has 1 amide bonds. The number of aromatic nitrogens is 1. The van der Waals surface area contributed by atoms with Gasteiger partial charge in [0.1, 0.15) is 0 Å². The molecular formula is C17H16ClF4N3O4S. The van der Waals surface area contributed by atoms with Crippen molar-refractivity contribution < 1.29 is 37.0 Å². The number of rotatable bonds is 4. The van der Waals surface area contributed by atoms with Crippen molar-refractivity contribution >= 4 is 45.6 Å². The molecule has 0 bridgehead atoms. The van der Waals surface area contributed by atoms with Crippen molar-refractivity contribution in [2.45, 2.75) is 11.8 Å². The van der Waals surface area contributed by atoms with Crippen LogP contribution in [0.2, 0.25) is 0 Å². The van der Waals surface area contributed by atoms with Crippen molar-refractivity contribution in [1.82, 2.24) is 4.98 Å². The lowest BCUT2D eigenvalue weighted by molar-refractivity contribution is -0.192. The second-order valence-electron chi connectivity index (χ2n) is 5.78. The van der Waals surface area contributed by atoms with Gasteiger partial charge in [-0.2, -0.15) is 13.2 Å². The molecule has 13 heteroatoms. The van der Waals surface area contributed by atoms with Crippen LogP contribution in [0.4, 0.5) is 28.4 Å². The molecule has 1 aliphatic rings. The van der Waals surface area contributed by atoms with Gasteiger partial charge in [0.05, 0.1) is 18.9 Å². The van der Waals surface area contributed by atoms with Gasteiger partial charge >= 0.3 is 12.1 Å². The molecule has 30 heavy (non-hydrogen) atoms. The van der Waals surface area contributed by atoms with Crippen LogP contribution in [0, 0.1) is 0 Å². The molecule has 1 saturated heterocycles. The van der Waals surface area contributed by atoms with E-state index in [1.807, 2.05) is 17.5 Å². The molecule has 0 radical (unpaired) electrons. The summed E-state index contributed by atoms with van der Waals surface area (Å²) >= 11 is 6.67. The Morgan fingerprint density at radius 3 is 2.30 bits per heavy atom. The van der Waals surface area contributed by atoms with E-state index < -0.39 is 23.7 Å². The second-order valence-corrected chi connectivity index (χ2v) is 7.00. The first-order valence-corrected chi connectivity index (χ1v) is 9.67. The molecular weight excluding hydrogens is 454 g/mol.